The number of rotatable bonds is 16. The maximum atomic E-state index is 13.8. The number of halogens is 3. The molecule has 0 aliphatic carbocycles. The molecule has 0 saturated carbocycles. The van der Waals surface area contributed by atoms with Gasteiger partial charge in [0.05, 0.1) is 34.4 Å². The van der Waals surface area contributed by atoms with Crippen LogP contribution < -0.4 is 10.1 Å². The maximum Gasteiger partial charge on any atom is 0.416 e. The molecule has 0 saturated heterocycles. The number of benzene rings is 3. The number of anilines is 1. The van der Waals surface area contributed by atoms with Crippen LogP contribution in [0.1, 0.15) is 51.4 Å². The number of hydrogen-bond donors (Lipinski definition) is 1. The third-order valence-electron chi connectivity index (χ3n) is 7.24. The topological polar surface area (TPSA) is 74.5 Å². The minimum atomic E-state index is -4.60. The standard InChI is InChI=1S/C35H40F3N3O4S.H2/c1-4-6-20-44-21-22-45-31-13-7-26(8-14-31)27-9-17-33(35(36,37)38)28(23-27)10-18-34(42)39-29-11-15-32(16-12-29)46(43)25-30-24-40(3)41(30)19-5-2;/h7-18,23-24H,4-6,19-22,25H2,1-3H3,(H,39,42);1H/b18-10+;. The largest absolute Gasteiger partial charge is 0.491 e. The van der Waals surface area contributed by atoms with Crippen molar-refractivity contribution in [3.8, 4) is 16.9 Å². The van der Waals surface area contributed by atoms with E-state index in [1.807, 2.05) is 17.9 Å². The van der Waals surface area contributed by atoms with Gasteiger partial charge in [-0.1, -0.05) is 38.5 Å². The Balaban J connectivity index is 0.00000600. The SMILES string of the molecule is CCCCOCCOc1ccc(-c2ccc(C(F)(F)F)c(/C=C/C(=O)Nc3ccc(S(=O)Cc4cn(C)n4CCC)cc3)c2)cc1.[HH]. The zero-order chi connectivity index (χ0) is 33.1. The average molecular weight is 658 g/mol. The van der Waals surface area contributed by atoms with E-state index >= 15 is 0 Å². The van der Waals surface area contributed by atoms with Crippen LogP contribution in [0.5, 0.6) is 5.75 Å². The lowest BCUT2D eigenvalue weighted by atomic mass is 9.98. The fourth-order valence-electron chi connectivity index (χ4n) is 4.83. The lowest BCUT2D eigenvalue weighted by Crippen LogP contribution is -2.24. The van der Waals surface area contributed by atoms with E-state index in [-0.39, 0.29) is 6.99 Å². The van der Waals surface area contributed by atoms with Crippen molar-refractivity contribution < 1.29 is 33.1 Å². The van der Waals surface area contributed by atoms with Crippen molar-refractivity contribution in [1.82, 2.24) is 9.36 Å². The van der Waals surface area contributed by atoms with E-state index in [1.54, 1.807) is 48.5 Å². The molecule has 1 unspecified atom stereocenters. The number of nitrogens with zero attached hydrogens (tertiary/aromatic N) is 2. The van der Waals surface area contributed by atoms with Crippen LogP contribution in [0.4, 0.5) is 18.9 Å². The van der Waals surface area contributed by atoms with Crippen LogP contribution in [0.2, 0.25) is 0 Å². The Morgan fingerprint density at radius 1 is 0.957 bits per heavy atom. The third kappa shape index (κ3) is 9.70. The van der Waals surface area contributed by atoms with Gasteiger partial charge >= 0.3 is 6.18 Å². The van der Waals surface area contributed by atoms with Crippen molar-refractivity contribution in [2.75, 3.05) is 25.1 Å². The van der Waals surface area contributed by atoms with Gasteiger partial charge < -0.3 is 14.8 Å². The number of aryl methyl sites for hydroxylation is 1. The molecule has 1 heterocycles. The van der Waals surface area contributed by atoms with Crippen LogP contribution >= 0.6 is 0 Å². The summed E-state index contributed by atoms with van der Waals surface area (Å²) in [6.45, 7) is 6.60. The molecule has 0 bridgehead atoms. The lowest BCUT2D eigenvalue weighted by Gasteiger charge is -2.23. The number of carbonyl (C=O) groups is 1. The number of ether oxygens (including phenoxy) is 2. The van der Waals surface area contributed by atoms with Crippen LogP contribution in [0.25, 0.3) is 17.2 Å². The minimum Gasteiger partial charge on any atom is -0.491 e. The van der Waals surface area contributed by atoms with E-state index in [1.165, 1.54) is 12.1 Å². The number of nitrogens with one attached hydrogen (secondary N) is 1. The van der Waals surface area contributed by atoms with Gasteiger partial charge in [-0.15, -0.1) is 0 Å². The number of unbranched alkanes of at least 4 members (excludes halogenated alkanes) is 1. The highest BCUT2D eigenvalue weighted by Gasteiger charge is 2.32. The highest BCUT2D eigenvalue weighted by atomic mass is 32.2. The van der Waals surface area contributed by atoms with Crippen molar-refractivity contribution in [1.29, 1.82) is 0 Å². The normalized spacial score (nSPS) is 12.5. The molecule has 46 heavy (non-hydrogen) atoms. The average Bonchev–Trinajstić information content (AvgIpc) is 3.04. The van der Waals surface area contributed by atoms with Gasteiger partial charge in [-0.3, -0.25) is 18.4 Å². The van der Waals surface area contributed by atoms with Gasteiger partial charge in [-0.2, -0.15) is 13.2 Å². The van der Waals surface area contributed by atoms with Crippen LogP contribution in [-0.4, -0.2) is 39.3 Å². The van der Waals surface area contributed by atoms with Gasteiger partial charge in [-0.25, -0.2) is 0 Å². The molecule has 1 amide bonds. The fraction of sp³-hybridized carbons (Fsp3) is 0.343. The Kier molecular flexibility index (Phi) is 12.4. The molecule has 1 N–H and O–H groups in total. The number of amides is 1. The van der Waals surface area contributed by atoms with E-state index in [0.717, 1.165) is 49.7 Å². The summed E-state index contributed by atoms with van der Waals surface area (Å²) in [6.07, 6.45) is 2.61. The van der Waals surface area contributed by atoms with E-state index in [0.29, 0.717) is 53.0 Å². The molecule has 3 aromatic carbocycles. The monoisotopic (exact) mass is 657 g/mol. The van der Waals surface area contributed by atoms with Crippen LogP contribution in [0, 0.1) is 0 Å². The van der Waals surface area contributed by atoms with E-state index in [9.17, 15) is 22.2 Å². The molecular formula is C35H42F3N3O4S. The van der Waals surface area contributed by atoms with Crippen molar-refractivity contribution in [2.24, 2.45) is 7.05 Å². The molecule has 4 rings (SSSR count). The molecule has 7 nitrogen and oxygen atoms in total. The Morgan fingerprint density at radius 2 is 1.67 bits per heavy atom. The van der Waals surface area contributed by atoms with E-state index in [2.05, 4.69) is 23.8 Å². The van der Waals surface area contributed by atoms with Gasteiger partial charge in [0.1, 0.15) is 12.4 Å². The van der Waals surface area contributed by atoms with Crippen molar-refractivity contribution >= 4 is 28.5 Å². The second kappa shape index (κ2) is 16.5. The van der Waals surface area contributed by atoms with Crippen LogP contribution in [-0.2, 0) is 45.9 Å². The molecule has 0 aliphatic rings. The highest BCUT2D eigenvalue weighted by Crippen LogP contribution is 2.35. The number of carbonyl (C=O) groups excluding carboxylic acids is 1. The zero-order valence-electron chi connectivity index (χ0n) is 26.3. The van der Waals surface area contributed by atoms with Gasteiger partial charge in [0.15, 0.2) is 0 Å². The van der Waals surface area contributed by atoms with Crippen molar-refractivity contribution in [2.45, 2.75) is 56.5 Å². The van der Waals surface area contributed by atoms with Crippen LogP contribution in [0.15, 0.2) is 83.9 Å². The molecule has 0 radical (unpaired) electrons. The Morgan fingerprint density at radius 3 is 2.33 bits per heavy atom. The highest BCUT2D eigenvalue weighted by molar-refractivity contribution is 7.84. The summed E-state index contributed by atoms with van der Waals surface area (Å²) in [5, 5.41) is 2.66. The maximum absolute atomic E-state index is 13.8. The van der Waals surface area contributed by atoms with E-state index < -0.39 is 28.4 Å². The number of aromatic nitrogens is 2. The number of alkyl halides is 3. The minimum absolute atomic E-state index is 0. The lowest BCUT2D eigenvalue weighted by molar-refractivity contribution is -0.137. The number of hydrogen-bond acceptors (Lipinski definition) is 4. The first-order valence-electron chi connectivity index (χ1n) is 15.3. The molecule has 11 heteroatoms. The van der Waals surface area contributed by atoms with Gasteiger partial charge in [-0.05, 0) is 84.1 Å². The summed E-state index contributed by atoms with van der Waals surface area (Å²) in [4.78, 5) is 13.3. The third-order valence-corrected chi connectivity index (χ3v) is 8.60. The molecule has 0 fully saturated rings. The Labute approximate surface area is 271 Å². The molecule has 4 aromatic rings. The predicted octanol–water partition coefficient (Wildman–Crippen LogP) is 8.32. The van der Waals surface area contributed by atoms with Gasteiger partial charge in [0.25, 0.3) is 0 Å². The zero-order valence-corrected chi connectivity index (χ0v) is 27.1. The second-order valence-corrected chi connectivity index (χ2v) is 12.2. The summed E-state index contributed by atoms with van der Waals surface area (Å²) < 4.78 is 69.5. The molecule has 1 aromatic heterocycles. The first-order chi connectivity index (χ1) is 22.1. The summed E-state index contributed by atoms with van der Waals surface area (Å²) in [6, 6.07) is 17.5. The predicted molar refractivity (Wildman–Crippen MR) is 178 cm³/mol. The molecular weight excluding hydrogens is 615 g/mol. The summed E-state index contributed by atoms with van der Waals surface area (Å²) in [7, 11) is 0.675. The van der Waals surface area contributed by atoms with Gasteiger partial charge in [0, 0.05) is 44.5 Å². The molecule has 1 atom stereocenters. The summed E-state index contributed by atoms with van der Waals surface area (Å²) >= 11 is 0. The summed E-state index contributed by atoms with van der Waals surface area (Å²) in [5.74, 6) is 0.421. The van der Waals surface area contributed by atoms with Crippen LogP contribution in [0.3, 0.4) is 0 Å². The Bertz CT molecular complexity index is 1630. The second-order valence-electron chi connectivity index (χ2n) is 10.8. The summed E-state index contributed by atoms with van der Waals surface area (Å²) in [5.41, 5.74) is 1.72. The quantitative estimate of drug-likeness (QED) is 0.0972. The molecule has 0 spiro atoms. The smallest absolute Gasteiger partial charge is 0.416 e. The van der Waals surface area contributed by atoms with E-state index in [4.69, 9.17) is 9.47 Å². The van der Waals surface area contributed by atoms with Crippen molar-refractivity contribution in [3.05, 3.63) is 95.8 Å². The Hall–Kier alpha value is -4.09. The van der Waals surface area contributed by atoms with Crippen molar-refractivity contribution in [3.63, 3.8) is 0 Å². The first-order valence-corrected chi connectivity index (χ1v) is 16.6. The fourth-order valence-corrected chi connectivity index (χ4v) is 5.93. The first kappa shape index (κ1) is 34.8. The molecule has 248 valence electrons. The van der Waals surface area contributed by atoms with Gasteiger partial charge in [0.2, 0.25) is 5.91 Å². The molecule has 0 aliphatic heterocycles.